The van der Waals surface area contributed by atoms with Gasteiger partial charge in [0.1, 0.15) is 5.82 Å². The van der Waals surface area contributed by atoms with Crippen LogP contribution in [0.2, 0.25) is 0 Å². The van der Waals surface area contributed by atoms with Crippen molar-refractivity contribution in [1.82, 2.24) is 0 Å². The minimum atomic E-state index is -1.06. The highest BCUT2D eigenvalue weighted by Crippen LogP contribution is 2.15. The Morgan fingerprint density at radius 3 is 2.20 bits per heavy atom. The Morgan fingerprint density at radius 2 is 1.65 bits per heavy atom. The van der Waals surface area contributed by atoms with Crippen LogP contribution in [0.25, 0.3) is 0 Å². The molecule has 0 aliphatic rings. The molecule has 0 aromatic heterocycles. The second kappa shape index (κ2) is 5.52. The number of carbonyl (C=O) groups excluding carboxylic acids is 1. The van der Waals surface area contributed by atoms with Gasteiger partial charge in [-0.15, -0.1) is 0 Å². The van der Waals surface area contributed by atoms with E-state index in [1.807, 2.05) is 0 Å². The molecular formula is C15H12FNO3. The molecule has 0 saturated carbocycles. The number of hydrogen-bond donors (Lipinski definition) is 2. The molecule has 0 fully saturated rings. The first-order valence-electron chi connectivity index (χ1n) is 5.87. The molecule has 2 rings (SSSR count). The van der Waals surface area contributed by atoms with Crippen molar-refractivity contribution >= 4 is 17.6 Å². The van der Waals surface area contributed by atoms with Gasteiger partial charge in [-0.3, -0.25) is 4.79 Å². The van der Waals surface area contributed by atoms with Crippen LogP contribution in [0.15, 0.2) is 42.5 Å². The summed E-state index contributed by atoms with van der Waals surface area (Å²) in [5, 5.41) is 11.3. The lowest BCUT2D eigenvalue weighted by Gasteiger charge is -2.07. The smallest absolute Gasteiger partial charge is 0.335 e. The van der Waals surface area contributed by atoms with Crippen molar-refractivity contribution in [2.24, 2.45) is 0 Å². The number of aromatic carboxylic acids is 1. The number of anilines is 1. The monoisotopic (exact) mass is 273 g/mol. The third-order valence-electron chi connectivity index (χ3n) is 2.69. The lowest BCUT2D eigenvalue weighted by molar-refractivity contribution is 0.0696. The first-order valence-corrected chi connectivity index (χ1v) is 5.87. The van der Waals surface area contributed by atoms with Crippen molar-refractivity contribution in [3.05, 3.63) is 65.0 Å². The Bertz CT molecular complexity index is 645. The number of benzene rings is 2. The molecule has 5 heteroatoms. The topological polar surface area (TPSA) is 66.4 Å². The highest BCUT2D eigenvalue weighted by atomic mass is 19.1. The van der Waals surface area contributed by atoms with Crippen LogP contribution >= 0.6 is 0 Å². The molecule has 0 saturated heterocycles. The van der Waals surface area contributed by atoms with Crippen molar-refractivity contribution in [1.29, 1.82) is 0 Å². The first-order chi connectivity index (χ1) is 9.45. The largest absolute Gasteiger partial charge is 0.478 e. The second-order valence-corrected chi connectivity index (χ2v) is 4.35. The van der Waals surface area contributed by atoms with E-state index >= 15 is 0 Å². The Kier molecular flexibility index (Phi) is 3.79. The van der Waals surface area contributed by atoms with E-state index in [2.05, 4.69) is 5.32 Å². The number of amides is 1. The van der Waals surface area contributed by atoms with Gasteiger partial charge in [0, 0.05) is 11.3 Å². The van der Waals surface area contributed by atoms with E-state index < -0.39 is 17.7 Å². The van der Waals surface area contributed by atoms with Crippen molar-refractivity contribution in [3.8, 4) is 0 Å². The van der Waals surface area contributed by atoms with Crippen LogP contribution in [0.3, 0.4) is 0 Å². The number of carbonyl (C=O) groups is 2. The van der Waals surface area contributed by atoms with E-state index in [-0.39, 0.29) is 5.56 Å². The number of rotatable bonds is 3. The number of hydrogen-bond acceptors (Lipinski definition) is 2. The summed E-state index contributed by atoms with van der Waals surface area (Å²) in [6.07, 6.45) is 0. The summed E-state index contributed by atoms with van der Waals surface area (Å²) in [4.78, 5) is 22.6. The molecule has 0 heterocycles. The highest BCUT2D eigenvalue weighted by Gasteiger charge is 2.09. The van der Waals surface area contributed by atoms with Crippen LogP contribution in [-0.4, -0.2) is 17.0 Å². The molecule has 2 N–H and O–H groups in total. The van der Waals surface area contributed by atoms with Gasteiger partial charge in [0.15, 0.2) is 0 Å². The molecule has 0 aliphatic carbocycles. The lowest BCUT2D eigenvalue weighted by Crippen LogP contribution is -2.12. The molecule has 20 heavy (non-hydrogen) atoms. The van der Waals surface area contributed by atoms with E-state index in [4.69, 9.17) is 5.11 Å². The Hall–Kier alpha value is -2.69. The third-order valence-corrected chi connectivity index (χ3v) is 2.69. The summed E-state index contributed by atoms with van der Waals surface area (Å²) < 4.78 is 13.2. The van der Waals surface area contributed by atoms with Crippen LogP contribution < -0.4 is 5.32 Å². The molecule has 0 unspecified atom stereocenters. The predicted molar refractivity (Wildman–Crippen MR) is 72.5 cm³/mol. The summed E-state index contributed by atoms with van der Waals surface area (Å²) in [7, 11) is 0. The maximum absolute atomic E-state index is 13.2. The number of carboxylic acid groups (broad SMARTS) is 1. The van der Waals surface area contributed by atoms with Gasteiger partial charge in [0.25, 0.3) is 5.91 Å². The Morgan fingerprint density at radius 1 is 1.05 bits per heavy atom. The standard InChI is InChI=1S/C15H12FNO3/c1-9-6-12(16)8-13(7-9)17-14(18)10-2-4-11(5-3-10)15(19)20/h2-8H,1H3,(H,17,18)(H,19,20). The van der Waals surface area contributed by atoms with Gasteiger partial charge in [-0.05, 0) is 55.0 Å². The van der Waals surface area contributed by atoms with E-state index in [1.165, 1.54) is 36.4 Å². The average molecular weight is 273 g/mol. The number of nitrogens with one attached hydrogen (secondary N) is 1. The number of carboxylic acids is 1. The Labute approximate surface area is 114 Å². The lowest BCUT2D eigenvalue weighted by atomic mass is 10.1. The molecule has 4 nitrogen and oxygen atoms in total. The van der Waals surface area contributed by atoms with Crippen molar-refractivity contribution in [2.75, 3.05) is 5.32 Å². The fraction of sp³-hybridized carbons (Fsp3) is 0.0667. The summed E-state index contributed by atoms with van der Waals surface area (Å²) in [6.45, 7) is 1.72. The molecule has 2 aromatic rings. The fourth-order valence-corrected chi connectivity index (χ4v) is 1.78. The van der Waals surface area contributed by atoms with E-state index in [0.717, 1.165) is 0 Å². The number of halogens is 1. The maximum atomic E-state index is 13.2. The zero-order valence-corrected chi connectivity index (χ0v) is 10.7. The molecule has 1 amide bonds. The molecule has 0 aliphatic heterocycles. The van der Waals surface area contributed by atoms with E-state index in [1.54, 1.807) is 13.0 Å². The number of aryl methyl sites for hydroxylation is 1. The minimum absolute atomic E-state index is 0.100. The molecule has 0 atom stereocenters. The van der Waals surface area contributed by atoms with Gasteiger partial charge >= 0.3 is 5.97 Å². The van der Waals surface area contributed by atoms with Gasteiger partial charge < -0.3 is 10.4 Å². The first kappa shape index (κ1) is 13.7. The van der Waals surface area contributed by atoms with Gasteiger partial charge in [-0.1, -0.05) is 0 Å². The minimum Gasteiger partial charge on any atom is -0.478 e. The van der Waals surface area contributed by atoms with Crippen LogP contribution in [-0.2, 0) is 0 Å². The maximum Gasteiger partial charge on any atom is 0.335 e. The molecular weight excluding hydrogens is 261 g/mol. The van der Waals surface area contributed by atoms with Crippen molar-refractivity contribution < 1.29 is 19.1 Å². The molecule has 102 valence electrons. The van der Waals surface area contributed by atoms with Crippen molar-refractivity contribution in [3.63, 3.8) is 0 Å². The SMILES string of the molecule is Cc1cc(F)cc(NC(=O)c2ccc(C(=O)O)cc2)c1. The Balaban J connectivity index is 2.17. The van der Waals surface area contributed by atoms with Gasteiger partial charge in [0.05, 0.1) is 5.56 Å². The summed E-state index contributed by atoms with van der Waals surface area (Å²) in [6, 6.07) is 9.72. The third kappa shape index (κ3) is 3.20. The molecule has 0 radical (unpaired) electrons. The zero-order valence-electron chi connectivity index (χ0n) is 10.7. The van der Waals surface area contributed by atoms with Crippen molar-refractivity contribution in [2.45, 2.75) is 6.92 Å². The second-order valence-electron chi connectivity index (χ2n) is 4.35. The zero-order chi connectivity index (χ0) is 14.7. The fourth-order valence-electron chi connectivity index (χ4n) is 1.78. The normalized spacial score (nSPS) is 10.1. The average Bonchev–Trinajstić information content (AvgIpc) is 2.37. The van der Waals surface area contributed by atoms with Crippen LogP contribution in [0.5, 0.6) is 0 Å². The predicted octanol–water partition coefficient (Wildman–Crippen LogP) is 3.08. The summed E-state index contributed by atoms with van der Waals surface area (Å²) in [5.74, 6) is -1.91. The van der Waals surface area contributed by atoms with Gasteiger partial charge in [-0.25, -0.2) is 9.18 Å². The highest BCUT2D eigenvalue weighted by molar-refractivity contribution is 6.04. The van der Waals surface area contributed by atoms with Crippen LogP contribution in [0.1, 0.15) is 26.3 Å². The van der Waals surface area contributed by atoms with Gasteiger partial charge in [0.2, 0.25) is 0 Å². The van der Waals surface area contributed by atoms with Gasteiger partial charge in [-0.2, -0.15) is 0 Å². The summed E-state index contributed by atoms with van der Waals surface area (Å²) >= 11 is 0. The van der Waals surface area contributed by atoms with Crippen LogP contribution in [0.4, 0.5) is 10.1 Å². The molecule has 0 spiro atoms. The molecule has 2 aromatic carbocycles. The van der Waals surface area contributed by atoms with Crippen LogP contribution in [0, 0.1) is 12.7 Å². The van der Waals surface area contributed by atoms with E-state index in [9.17, 15) is 14.0 Å². The molecule has 0 bridgehead atoms. The summed E-state index contributed by atoms with van der Waals surface area (Å²) in [5.41, 5.74) is 1.46. The quantitative estimate of drug-likeness (QED) is 0.903. The van der Waals surface area contributed by atoms with E-state index in [0.29, 0.717) is 16.8 Å².